The Bertz CT molecular complexity index is 1040. The van der Waals surface area contributed by atoms with Crippen LogP contribution in [-0.2, 0) is 19.6 Å². The number of likely N-dealkylation sites (N-methyl/N-ethyl adjacent to an activating group) is 1. The fraction of sp³-hybridized carbons (Fsp3) is 0.333. The van der Waals surface area contributed by atoms with E-state index in [0.29, 0.717) is 23.9 Å². The minimum Gasteiger partial charge on any atom is -0.376 e. The van der Waals surface area contributed by atoms with Crippen LogP contribution in [0.3, 0.4) is 0 Å². The number of carbonyl (C=O) groups excluding carboxylic acids is 2. The van der Waals surface area contributed by atoms with Crippen LogP contribution in [0.4, 0.5) is 5.69 Å². The van der Waals surface area contributed by atoms with E-state index in [1.54, 1.807) is 24.3 Å². The first-order chi connectivity index (χ1) is 14.8. The molecule has 2 aromatic carbocycles. The second-order valence-electron chi connectivity index (χ2n) is 7.15. The van der Waals surface area contributed by atoms with E-state index < -0.39 is 22.5 Å². The van der Waals surface area contributed by atoms with Crippen LogP contribution in [0.5, 0.6) is 0 Å². The highest BCUT2D eigenvalue weighted by atomic mass is 35.5. The molecule has 3 rings (SSSR count). The van der Waals surface area contributed by atoms with Crippen molar-refractivity contribution >= 4 is 39.1 Å². The number of benzene rings is 2. The summed E-state index contributed by atoms with van der Waals surface area (Å²) in [6.07, 6.45) is 1.87. The van der Waals surface area contributed by atoms with Crippen LogP contribution in [0.25, 0.3) is 0 Å². The highest BCUT2D eigenvalue weighted by Gasteiger charge is 2.24. The second-order valence-corrected chi connectivity index (χ2v) is 9.64. The number of nitrogens with one attached hydrogen (secondary N) is 2. The number of anilines is 1. The summed E-state index contributed by atoms with van der Waals surface area (Å²) < 4.78 is 31.7. The third-order valence-electron chi connectivity index (χ3n) is 4.85. The molecule has 1 fully saturated rings. The lowest BCUT2D eigenvalue weighted by Crippen LogP contribution is -2.36. The standard InChI is InChI=1S/C21H24ClN3O5S/c1-25(31(28,29)17-10-8-15(22)9-11-17)14-20(26)24-19-7-3-2-6-18(19)21(27)23-13-16-5-4-12-30-16/h2-3,6-11,16H,4-5,12-14H2,1H3,(H,23,27)(H,24,26). The molecule has 1 heterocycles. The van der Waals surface area contributed by atoms with Gasteiger partial charge in [0.05, 0.1) is 28.8 Å². The molecule has 0 spiro atoms. The van der Waals surface area contributed by atoms with Gasteiger partial charge in [-0.2, -0.15) is 4.31 Å². The van der Waals surface area contributed by atoms with E-state index in [1.807, 2.05) is 0 Å². The summed E-state index contributed by atoms with van der Waals surface area (Å²) in [5.41, 5.74) is 0.590. The molecular formula is C21H24ClN3O5S. The molecule has 0 bridgehead atoms. The Balaban J connectivity index is 1.63. The van der Waals surface area contributed by atoms with E-state index in [0.717, 1.165) is 17.1 Å². The lowest BCUT2D eigenvalue weighted by molar-refractivity contribution is -0.116. The minimum absolute atomic E-state index is 0.00238. The number of amides is 2. The van der Waals surface area contributed by atoms with Gasteiger partial charge in [0, 0.05) is 25.2 Å². The molecule has 2 aromatic rings. The largest absolute Gasteiger partial charge is 0.376 e. The Morgan fingerprint density at radius 1 is 1.16 bits per heavy atom. The fourth-order valence-corrected chi connectivity index (χ4v) is 4.41. The van der Waals surface area contributed by atoms with Gasteiger partial charge in [-0.1, -0.05) is 23.7 Å². The van der Waals surface area contributed by atoms with E-state index in [1.165, 1.54) is 31.3 Å². The maximum absolute atomic E-state index is 12.6. The molecule has 1 unspecified atom stereocenters. The average molecular weight is 466 g/mol. The van der Waals surface area contributed by atoms with Gasteiger partial charge in [0.1, 0.15) is 0 Å². The number of carbonyl (C=O) groups is 2. The highest BCUT2D eigenvalue weighted by molar-refractivity contribution is 7.89. The summed E-state index contributed by atoms with van der Waals surface area (Å²) in [5.74, 6) is -0.909. The fourth-order valence-electron chi connectivity index (χ4n) is 3.16. The van der Waals surface area contributed by atoms with Crippen molar-refractivity contribution in [2.45, 2.75) is 23.8 Å². The maximum atomic E-state index is 12.6. The van der Waals surface area contributed by atoms with Gasteiger partial charge in [-0.25, -0.2) is 8.42 Å². The average Bonchev–Trinajstić information content (AvgIpc) is 3.26. The zero-order valence-corrected chi connectivity index (χ0v) is 18.6. The molecule has 0 radical (unpaired) electrons. The van der Waals surface area contributed by atoms with E-state index in [9.17, 15) is 18.0 Å². The summed E-state index contributed by atoms with van der Waals surface area (Å²) in [4.78, 5) is 25.1. The van der Waals surface area contributed by atoms with Crippen molar-refractivity contribution in [2.24, 2.45) is 0 Å². The van der Waals surface area contributed by atoms with Crippen molar-refractivity contribution in [1.29, 1.82) is 0 Å². The highest BCUT2D eigenvalue weighted by Crippen LogP contribution is 2.19. The minimum atomic E-state index is -3.87. The maximum Gasteiger partial charge on any atom is 0.253 e. The lowest BCUT2D eigenvalue weighted by atomic mass is 10.1. The molecule has 2 N–H and O–H groups in total. The Morgan fingerprint density at radius 3 is 2.55 bits per heavy atom. The molecule has 1 aliphatic heterocycles. The zero-order valence-electron chi connectivity index (χ0n) is 17.0. The van der Waals surface area contributed by atoms with Gasteiger partial charge in [-0.3, -0.25) is 9.59 Å². The van der Waals surface area contributed by atoms with Gasteiger partial charge in [0.25, 0.3) is 5.91 Å². The lowest BCUT2D eigenvalue weighted by Gasteiger charge is -2.18. The van der Waals surface area contributed by atoms with Gasteiger partial charge in [0.2, 0.25) is 15.9 Å². The van der Waals surface area contributed by atoms with Crippen LogP contribution in [0, 0.1) is 0 Å². The van der Waals surface area contributed by atoms with E-state index >= 15 is 0 Å². The van der Waals surface area contributed by atoms with Crippen molar-refractivity contribution in [3.8, 4) is 0 Å². The number of hydrogen-bond acceptors (Lipinski definition) is 5. The van der Waals surface area contributed by atoms with Crippen LogP contribution >= 0.6 is 11.6 Å². The topological polar surface area (TPSA) is 105 Å². The molecule has 166 valence electrons. The Hall–Kier alpha value is -2.46. The second kappa shape index (κ2) is 10.2. The van der Waals surface area contributed by atoms with Crippen molar-refractivity contribution in [1.82, 2.24) is 9.62 Å². The third kappa shape index (κ3) is 6.04. The Kier molecular flexibility index (Phi) is 7.66. The van der Waals surface area contributed by atoms with Gasteiger partial charge in [-0.05, 0) is 49.2 Å². The van der Waals surface area contributed by atoms with Crippen LogP contribution in [0.15, 0.2) is 53.4 Å². The van der Waals surface area contributed by atoms with Crippen molar-refractivity contribution in [3.05, 3.63) is 59.1 Å². The molecule has 31 heavy (non-hydrogen) atoms. The van der Waals surface area contributed by atoms with Crippen LogP contribution in [0.1, 0.15) is 23.2 Å². The summed E-state index contributed by atoms with van der Waals surface area (Å²) in [6.45, 7) is 0.666. The molecular weight excluding hydrogens is 442 g/mol. The number of para-hydroxylation sites is 1. The first-order valence-electron chi connectivity index (χ1n) is 9.78. The van der Waals surface area contributed by atoms with E-state index in [2.05, 4.69) is 10.6 Å². The number of sulfonamides is 1. The zero-order chi connectivity index (χ0) is 22.4. The molecule has 1 saturated heterocycles. The van der Waals surface area contributed by atoms with E-state index in [-0.39, 0.29) is 22.5 Å². The van der Waals surface area contributed by atoms with Crippen LogP contribution in [0.2, 0.25) is 5.02 Å². The molecule has 8 nitrogen and oxygen atoms in total. The van der Waals surface area contributed by atoms with Gasteiger partial charge < -0.3 is 15.4 Å². The predicted molar refractivity (Wildman–Crippen MR) is 118 cm³/mol. The number of rotatable bonds is 8. The van der Waals surface area contributed by atoms with E-state index in [4.69, 9.17) is 16.3 Å². The Labute approximate surface area is 186 Å². The van der Waals surface area contributed by atoms with Crippen LogP contribution in [-0.4, -0.2) is 57.4 Å². The molecule has 0 aromatic heterocycles. The summed E-state index contributed by atoms with van der Waals surface area (Å²) in [6, 6.07) is 12.2. The monoisotopic (exact) mass is 465 g/mol. The predicted octanol–water partition coefficient (Wildman–Crippen LogP) is 2.51. The molecule has 1 aliphatic rings. The molecule has 1 atom stereocenters. The van der Waals surface area contributed by atoms with Crippen molar-refractivity contribution in [3.63, 3.8) is 0 Å². The van der Waals surface area contributed by atoms with Crippen LogP contribution < -0.4 is 10.6 Å². The molecule has 10 heteroatoms. The summed E-state index contributed by atoms with van der Waals surface area (Å²) >= 11 is 5.80. The Morgan fingerprint density at radius 2 is 1.87 bits per heavy atom. The van der Waals surface area contributed by atoms with Gasteiger partial charge in [0.15, 0.2) is 0 Å². The summed E-state index contributed by atoms with van der Waals surface area (Å²) in [5, 5.41) is 5.85. The number of hydrogen-bond donors (Lipinski definition) is 2. The number of nitrogens with zero attached hydrogens (tertiary/aromatic N) is 1. The molecule has 0 aliphatic carbocycles. The number of ether oxygens (including phenoxy) is 1. The first-order valence-corrected chi connectivity index (χ1v) is 11.6. The SMILES string of the molecule is CN(CC(=O)Nc1ccccc1C(=O)NCC1CCCO1)S(=O)(=O)c1ccc(Cl)cc1. The third-order valence-corrected chi connectivity index (χ3v) is 6.92. The quantitative estimate of drug-likeness (QED) is 0.623. The smallest absolute Gasteiger partial charge is 0.253 e. The normalized spacial score (nSPS) is 16.3. The summed E-state index contributed by atoms with van der Waals surface area (Å²) in [7, 11) is -2.56. The van der Waals surface area contributed by atoms with Crippen molar-refractivity contribution < 1.29 is 22.7 Å². The number of halogens is 1. The molecule has 0 saturated carbocycles. The molecule has 2 amide bonds. The van der Waals surface area contributed by atoms with Gasteiger partial charge in [-0.15, -0.1) is 0 Å². The van der Waals surface area contributed by atoms with Gasteiger partial charge >= 0.3 is 0 Å². The van der Waals surface area contributed by atoms with Crippen molar-refractivity contribution in [2.75, 3.05) is 32.1 Å². The first kappa shape index (κ1) is 23.2.